The molecule has 0 aliphatic carbocycles. The number of hydrogen-bond donors (Lipinski definition) is 1. The molecule has 1 aromatic rings. The van der Waals surface area contributed by atoms with Crippen LogP contribution in [-0.2, 0) is 5.60 Å². The van der Waals surface area contributed by atoms with Crippen LogP contribution < -0.4 is 0 Å². The third kappa shape index (κ3) is 2.26. The second-order valence-electron chi connectivity index (χ2n) is 3.60. The Hall–Kier alpha value is -1.03. The average molecular weight is 204 g/mol. The summed E-state index contributed by atoms with van der Waals surface area (Å²) in [5, 5.41) is 9.49. The number of benzene rings is 1. The lowest BCUT2D eigenvalue weighted by Gasteiger charge is -2.19. The molecule has 0 saturated heterocycles. The van der Waals surface area contributed by atoms with Crippen molar-refractivity contribution in [1.82, 2.24) is 0 Å². The van der Waals surface area contributed by atoms with Crippen molar-refractivity contribution in [2.75, 3.05) is 0 Å². The molecule has 0 aliphatic heterocycles. The SMILES string of the molecule is CC(C)(O)c1cc(C(F)F)ccc1F. The first-order chi connectivity index (χ1) is 6.32. The Labute approximate surface area is 80.2 Å². The largest absolute Gasteiger partial charge is 0.386 e. The van der Waals surface area contributed by atoms with Crippen molar-refractivity contribution < 1.29 is 18.3 Å². The van der Waals surface area contributed by atoms with Crippen molar-refractivity contribution in [3.8, 4) is 0 Å². The van der Waals surface area contributed by atoms with Gasteiger partial charge in [0.1, 0.15) is 5.82 Å². The molecule has 14 heavy (non-hydrogen) atoms. The van der Waals surface area contributed by atoms with E-state index in [1.54, 1.807) is 0 Å². The molecular weight excluding hydrogens is 193 g/mol. The van der Waals surface area contributed by atoms with E-state index in [4.69, 9.17) is 0 Å². The van der Waals surface area contributed by atoms with Crippen molar-refractivity contribution in [2.45, 2.75) is 25.9 Å². The van der Waals surface area contributed by atoms with Crippen LogP contribution in [0.1, 0.15) is 31.4 Å². The van der Waals surface area contributed by atoms with E-state index in [0.29, 0.717) is 0 Å². The van der Waals surface area contributed by atoms with E-state index in [9.17, 15) is 18.3 Å². The van der Waals surface area contributed by atoms with Gasteiger partial charge in [0.2, 0.25) is 0 Å². The zero-order chi connectivity index (χ0) is 10.9. The molecule has 78 valence electrons. The minimum Gasteiger partial charge on any atom is -0.386 e. The molecule has 1 N–H and O–H groups in total. The average Bonchev–Trinajstić information content (AvgIpc) is 2.02. The van der Waals surface area contributed by atoms with E-state index in [0.717, 1.165) is 18.2 Å². The molecule has 0 atom stereocenters. The van der Waals surface area contributed by atoms with Crippen LogP contribution in [-0.4, -0.2) is 5.11 Å². The molecule has 4 heteroatoms. The van der Waals surface area contributed by atoms with E-state index in [2.05, 4.69) is 0 Å². The van der Waals surface area contributed by atoms with Gasteiger partial charge in [0.05, 0.1) is 5.60 Å². The van der Waals surface area contributed by atoms with Crippen molar-refractivity contribution in [3.63, 3.8) is 0 Å². The van der Waals surface area contributed by atoms with Gasteiger partial charge < -0.3 is 5.11 Å². The topological polar surface area (TPSA) is 20.2 Å². The monoisotopic (exact) mass is 204 g/mol. The second-order valence-corrected chi connectivity index (χ2v) is 3.60. The Morgan fingerprint density at radius 2 is 1.86 bits per heavy atom. The van der Waals surface area contributed by atoms with E-state index in [1.807, 2.05) is 0 Å². The summed E-state index contributed by atoms with van der Waals surface area (Å²) < 4.78 is 37.6. The van der Waals surface area contributed by atoms with Crippen LogP contribution in [0.3, 0.4) is 0 Å². The first-order valence-corrected chi connectivity index (χ1v) is 4.13. The highest BCUT2D eigenvalue weighted by molar-refractivity contribution is 5.29. The fourth-order valence-electron chi connectivity index (χ4n) is 1.15. The zero-order valence-electron chi connectivity index (χ0n) is 7.89. The number of rotatable bonds is 2. The highest BCUT2D eigenvalue weighted by atomic mass is 19.3. The molecule has 0 fully saturated rings. The standard InChI is InChI=1S/C10H11F3O/c1-10(2,14)7-5-6(9(12)13)3-4-8(7)11/h3-5,9,14H,1-2H3. The minimum absolute atomic E-state index is 0.115. The quantitative estimate of drug-likeness (QED) is 0.785. The van der Waals surface area contributed by atoms with Gasteiger partial charge in [-0.1, -0.05) is 6.07 Å². The van der Waals surface area contributed by atoms with E-state index in [1.165, 1.54) is 13.8 Å². The summed E-state index contributed by atoms with van der Waals surface area (Å²) in [6.07, 6.45) is -2.66. The summed E-state index contributed by atoms with van der Waals surface area (Å²) in [5.74, 6) is -0.679. The normalized spacial score (nSPS) is 12.2. The summed E-state index contributed by atoms with van der Waals surface area (Å²) >= 11 is 0. The predicted molar refractivity (Wildman–Crippen MR) is 46.6 cm³/mol. The van der Waals surface area contributed by atoms with Gasteiger partial charge >= 0.3 is 0 Å². The van der Waals surface area contributed by atoms with Gasteiger partial charge in [0.15, 0.2) is 0 Å². The first kappa shape index (κ1) is 11.0. The van der Waals surface area contributed by atoms with Gasteiger partial charge in [-0.25, -0.2) is 13.2 Å². The lowest BCUT2D eigenvalue weighted by Crippen LogP contribution is -2.17. The molecule has 1 nitrogen and oxygen atoms in total. The molecule has 0 saturated carbocycles. The van der Waals surface area contributed by atoms with Crippen LogP contribution in [0.5, 0.6) is 0 Å². The van der Waals surface area contributed by atoms with Crippen molar-refractivity contribution >= 4 is 0 Å². The number of aliphatic hydroxyl groups is 1. The first-order valence-electron chi connectivity index (χ1n) is 4.13. The zero-order valence-corrected chi connectivity index (χ0v) is 7.89. The lowest BCUT2D eigenvalue weighted by molar-refractivity contribution is 0.0738. The summed E-state index contributed by atoms with van der Waals surface area (Å²) in [7, 11) is 0. The van der Waals surface area contributed by atoms with Crippen molar-refractivity contribution in [1.29, 1.82) is 0 Å². The lowest BCUT2D eigenvalue weighted by atomic mass is 9.96. The Bertz CT molecular complexity index is 329. The molecule has 0 amide bonds. The third-order valence-corrected chi connectivity index (χ3v) is 1.90. The fraction of sp³-hybridized carbons (Fsp3) is 0.400. The molecule has 0 radical (unpaired) electrons. The van der Waals surface area contributed by atoms with Crippen LogP contribution in [0.2, 0.25) is 0 Å². The Morgan fingerprint density at radius 1 is 1.29 bits per heavy atom. The van der Waals surface area contributed by atoms with Crippen LogP contribution >= 0.6 is 0 Å². The molecule has 0 unspecified atom stereocenters. The maximum Gasteiger partial charge on any atom is 0.263 e. The Morgan fingerprint density at radius 3 is 2.29 bits per heavy atom. The minimum atomic E-state index is -2.66. The van der Waals surface area contributed by atoms with E-state index >= 15 is 0 Å². The Kier molecular flexibility index (Phi) is 2.85. The van der Waals surface area contributed by atoms with E-state index in [-0.39, 0.29) is 11.1 Å². The van der Waals surface area contributed by atoms with Crippen molar-refractivity contribution in [3.05, 3.63) is 35.1 Å². The number of hydrogen-bond acceptors (Lipinski definition) is 1. The van der Waals surface area contributed by atoms with Gasteiger partial charge in [-0.05, 0) is 26.0 Å². The van der Waals surface area contributed by atoms with Gasteiger partial charge in [-0.15, -0.1) is 0 Å². The summed E-state index contributed by atoms with van der Waals surface area (Å²) in [6.45, 7) is 2.70. The second kappa shape index (κ2) is 3.61. The predicted octanol–water partition coefficient (Wildman–Crippen LogP) is 2.99. The highest BCUT2D eigenvalue weighted by Gasteiger charge is 2.22. The maximum absolute atomic E-state index is 13.1. The highest BCUT2D eigenvalue weighted by Crippen LogP contribution is 2.27. The van der Waals surface area contributed by atoms with Crippen LogP contribution in [0.25, 0.3) is 0 Å². The molecular formula is C10H11F3O. The molecule has 1 rings (SSSR count). The fourth-order valence-corrected chi connectivity index (χ4v) is 1.15. The van der Waals surface area contributed by atoms with Crippen molar-refractivity contribution in [2.24, 2.45) is 0 Å². The smallest absolute Gasteiger partial charge is 0.263 e. The van der Waals surface area contributed by atoms with E-state index < -0.39 is 17.8 Å². The molecule has 1 aromatic carbocycles. The van der Waals surface area contributed by atoms with Crippen LogP contribution in [0, 0.1) is 5.82 Å². The van der Waals surface area contributed by atoms with Gasteiger partial charge in [-0.2, -0.15) is 0 Å². The molecule has 0 aromatic heterocycles. The third-order valence-electron chi connectivity index (χ3n) is 1.90. The summed E-state index contributed by atoms with van der Waals surface area (Å²) in [6, 6.07) is 2.93. The Balaban J connectivity index is 3.22. The molecule has 0 bridgehead atoms. The van der Waals surface area contributed by atoms with Gasteiger partial charge in [0, 0.05) is 11.1 Å². The van der Waals surface area contributed by atoms with Crippen LogP contribution in [0.15, 0.2) is 18.2 Å². The summed E-state index contributed by atoms with van der Waals surface area (Å²) in [5.41, 5.74) is -1.85. The summed E-state index contributed by atoms with van der Waals surface area (Å²) in [4.78, 5) is 0. The maximum atomic E-state index is 13.1. The molecule has 0 heterocycles. The van der Waals surface area contributed by atoms with Crippen LogP contribution in [0.4, 0.5) is 13.2 Å². The number of alkyl halides is 2. The van der Waals surface area contributed by atoms with Gasteiger partial charge in [-0.3, -0.25) is 0 Å². The molecule has 0 aliphatic rings. The number of halogens is 3. The van der Waals surface area contributed by atoms with Gasteiger partial charge in [0.25, 0.3) is 6.43 Å². The molecule has 0 spiro atoms.